The molecule has 0 aliphatic carbocycles. The van der Waals surface area contributed by atoms with E-state index in [4.69, 9.17) is 0 Å². The van der Waals surface area contributed by atoms with E-state index in [0.717, 1.165) is 15.5 Å². The minimum atomic E-state index is -0.423. The molecule has 17 heavy (non-hydrogen) atoms. The number of nitrogens with one attached hydrogen (secondary N) is 1. The number of pyridine rings is 1. The third-order valence-electron chi connectivity index (χ3n) is 2.45. The molecule has 84 valence electrons. The zero-order valence-corrected chi connectivity index (χ0v) is 9.40. The number of para-hydroxylation sites is 1. The quantitative estimate of drug-likeness (QED) is 0.526. The van der Waals surface area contributed by atoms with Gasteiger partial charge in [-0.3, -0.25) is 15.1 Å². The summed E-state index contributed by atoms with van der Waals surface area (Å²) in [5.41, 5.74) is 1.41. The zero-order chi connectivity index (χ0) is 11.8. The van der Waals surface area contributed by atoms with Crippen molar-refractivity contribution in [1.29, 1.82) is 0 Å². The molecule has 0 atom stereocenters. The van der Waals surface area contributed by atoms with Crippen molar-refractivity contribution in [2.75, 3.05) is 5.32 Å². The fourth-order valence-electron chi connectivity index (χ4n) is 1.68. The van der Waals surface area contributed by atoms with E-state index in [9.17, 15) is 10.1 Å². The average molecular weight is 245 g/mol. The molecule has 0 fully saturated rings. The van der Waals surface area contributed by atoms with Gasteiger partial charge in [0.1, 0.15) is 11.9 Å². The first-order valence-corrected chi connectivity index (χ1v) is 5.73. The van der Waals surface area contributed by atoms with Gasteiger partial charge in [0.2, 0.25) is 0 Å². The average Bonchev–Trinajstić information content (AvgIpc) is 2.35. The third-order valence-corrected chi connectivity index (χ3v) is 3.56. The molecule has 1 aromatic carbocycles. The summed E-state index contributed by atoms with van der Waals surface area (Å²) in [6, 6.07) is 7.69. The molecule has 0 spiro atoms. The van der Waals surface area contributed by atoms with Crippen molar-refractivity contribution in [3.05, 3.63) is 46.8 Å². The predicted octanol–water partition coefficient (Wildman–Crippen LogP) is 3.20. The van der Waals surface area contributed by atoms with Crippen LogP contribution in [0.3, 0.4) is 0 Å². The highest BCUT2D eigenvalue weighted by molar-refractivity contribution is 7.99. The van der Waals surface area contributed by atoms with Gasteiger partial charge in [-0.25, -0.2) is 0 Å². The molecule has 1 aliphatic rings. The van der Waals surface area contributed by atoms with Crippen molar-refractivity contribution in [2.24, 2.45) is 0 Å². The third kappa shape index (κ3) is 1.62. The smallest absolute Gasteiger partial charge is 0.311 e. The van der Waals surface area contributed by atoms with Crippen LogP contribution >= 0.6 is 11.8 Å². The van der Waals surface area contributed by atoms with Crippen molar-refractivity contribution < 1.29 is 4.92 Å². The van der Waals surface area contributed by atoms with Crippen molar-refractivity contribution in [2.45, 2.75) is 9.79 Å². The van der Waals surface area contributed by atoms with Gasteiger partial charge in [0.25, 0.3) is 0 Å². The number of anilines is 2. The first-order chi connectivity index (χ1) is 8.25. The first-order valence-electron chi connectivity index (χ1n) is 4.92. The second-order valence-corrected chi connectivity index (χ2v) is 4.60. The molecule has 6 heteroatoms. The van der Waals surface area contributed by atoms with E-state index >= 15 is 0 Å². The lowest BCUT2D eigenvalue weighted by atomic mass is 10.2. The summed E-state index contributed by atoms with van der Waals surface area (Å²) < 4.78 is 0. The summed E-state index contributed by atoms with van der Waals surface area (Å²) in [6.45, 7) is 0. The van der Waals surface area contributed by atoms with Gasteiger partial charge in [-0.1, -0.05) is 23.9 Å². The molecular weight excluding hydrogens is 238 g/mol. The van der Waals surface area contributed by atoms with Gasteiger partial charge >= 0.3 is 5.69 Å². The Morgan fingerprint density at radius 1 is 1.24 bits per heavy atom. The zero-order valence-electron chi connectivity index (χ0n) is 8.58. The SMILES string of the molecule is O=[N+]([O-])c1cncc2c1Nc1ccccc1S2. The van der Waals surface area contributed by atoms with E-state index in [1.165, 1.54) is 18.0 Å². The van der Waals surface area contributed by atoms with Crippen LogP contribution in [0.5, 0.6) is 0 Å². The predicted molar refractivity (Wildman–Crippen MR) is 64.7 cm³/mol. The largest absolute Gasteiger partial charge is 0.348 e. The lowest BCUT2D eigenvalue weighted by Crippen LogP contribution is -2.03. The van der Waals surface area contributed by atoms with E-state index in [2.05, 4.69) is 10.3 Å². The molecule has 0 amide bonds. The summed E-state index contributed by atoms with van der Waals surface area (Å²) in [5, 5.41) is 14.0. The Hall–Kier alpha value is -2.08. The molecule has 0 saturated heterocycles. The molecule has 1 N–H and O–H groups in total. The standard InChI is InChI=1S/C11H7N3O2S/c15-14(16)8-5-12-6-10-11(8)13-7-3-1-2-4-9(7)17-10/h1-6,13H. The molecule has 2 heterocycles. The number of fused-ring (bicyclic) bond motifs is 2. The maximum Gasteiger partial charge on any atom is 0.311 e. The van der Waals surface area contributed by atoms with Gasteiger partial charge in [-0.15, -0.1) is 0 Å². The maximum atomic E-state index is 10.9. The fraction of sp³-hybridized carbons (Fsp3) is 0. The van der Waals surface area contributed by atoms with Crippen LogP contribution in [0, 0.1) is 10.1 Å². The van der Waals surface area contributed by atoms with E-state index in [1.54, 1.807) is 6.20 Å². The Bertz CT molecular complexity index is 615. The summed E-state index contributed by atoms with van der Waals surface area (Å²) in [7, 11) is 0. The summed E-state index contributed by atoms with van der Waals surface area (Å²) in [4.78, 5) is 16.2. The number of rotatable bonds is 1. The van der Waals surface area contributed by atoms with E-state index < -0.39 is 4.92 Å². The van der Waals surface area contributed by atoms with Crippen LogP contribution in [0.2, 0.25) is 0 Å². The monoisotopic (exact) mass is 245 g/mol. The Labute approximate surface area is 101 Å². The summed E-state index contributed by atoms with van der Waals surface area (Å²) in [5.74, 6) is 0. The van der Waals surface area contributed by atoms with Crippen LogP contribution in [-0.4, -0.2) is 9.91 Å². The minimum Gasteiger partial charge on any atom is -0.348 e. The van der Waals surface area contributed by atoms with Crippen LogP contribution in [0.15, 0.2) is 46.5 Å². The molecule has 0 saturated carbocycles. The van der Waals surface area contributed by atoms with Gasteiger partial charge in [-0.05, 0) is 12.1 Å². The molecule has 0 bridgehead atoms. The van der Waals surface area contributed by atoms with E-state index in [-0.39, 0.29) is 5.69 Å². The van der Waals surface area contributed by atoms with Crippen molar-refractivity contribution in [3.63, 3.8) is 0 Å². The van der Waals surface area contributed by atoms with E-state index in [0.29, 0.717) is 5.69 Å². The highest BCUT2D eigenvalue weighted by atomic mass is 32.2. The van der Waals surface area contributed by atoms with Crippen LogP contribution < -0.4 is 5.32 Å². The first kappa shape index (κ1) is 10.1. The summed E-state index contributed by atoms with van der Waals surface area (Å²) in [6.07, 6.45) is 2.90. The highest BCUT2D eigenvalue weighted by Crippen LogP contribution is 2.46. The van der Waals surface area contributed by atoms with E-state index in [1.807, 2.05) is 24.3 Å². The molecule has 1 aliphatic heterocycles. The molecule has 5 nitrogen and oxygen atoms in total. The Morgan fingerprint density at radius 3 is 2.88 bits per heavy atom. The van der Waals surface area contributed by atoms with Gasteiger partial charge in [0.15, 0.2) is 0 Å². The fourth-order valence-corrected chi connectivity index (χ4v) is 2.67. The molecule has 3 rings (SSSR count). The lowest BCUT2D eigenvalue weighted by molar-refractivity contribution is -0.384. The van der Waals surface area contributed by atoms with Gasteiger partial charge < -0.3 is 5.32 Å². The van der Waals surface area contributed by atoms with Crippen molar-refractivity contribution in [3.8, 4) is 0 Å². The maximum absolute atomic E-state index is 10.9. The highest BCUT2D eigenvalue weighted by Gasteiger charge is 2.24. The van der Waals surface area contributed by atoms with Crippen LogP contribution in [0.4, 0.5) is 17.1 Å². The molecular formula is C11H7N3O2S. The van der Waals surface area contributed by atoms with Crippen molar-refractivity contribution in [1.82, 2.24) is 4.98 Å². The van der Waals surface area contributed by atoms with Crippen LogP contribution in [0.1, 0.15) is 0 Å². The Kier molecular flexibility index (Phi) is 2.22. The topological polar surface area (TPSA) is 68.1 Å². The Balaban J connectivity index is 2.15. The minimum absolute atomic E-state index is 0.00417. The molecule has 1 aromatic heterocycles. The second-order valence-electron chi connectivity index (χ2n) is 3.51. The molecule has 0 radical (unpaired) electrons. The van der Waals surface area contributed by atoms with Crippen molar-refractivity contribution >= 4 is 28.8 Å². The number of benzene rings is 1. The van der Waals surface area contributed by atoms with Crippen LogP contribution in [-0.2, 0) is 0 Å². The number of nitrogens with zero attached hydrogens (tertiary/aromatic N) is 2. The number of nitro groups is 1. The normalized spacial score (nSPS) is 12.2. The summed E-state index contributed by atoms with van der Waals surface area (Å²) >= 11 is 1.48. The number of hydrogen-bond acceptors (Lipinski definition) is 5. The Morgan fingerprint density at radius 2 is 2.06 bits per heavy atom. The number of hydrogen-bond donors (Lipinski definition) is 1. The van der Waals surface area contributed by atoms with Crippen LogP contribution in [0.25, 0.3) is 0 Å². The van der Waals surface area contributed by atoms with Gasteiger partial charge in [-0.2, -0.15) is 0 Å². The molecule has 2 aromatic rings. The van der Waals surface area contributed by atoms with Gasteiger partial charge in [0, 0.05) is 11.1 Å². The lowest BCUT2D eigenvalue weighted by Gasteiger charge is -2.19. The number of aromatic nitrogens is 1. The second kappa shape index (κ2) is 3.74. The molecule has 0 unspecified atom stereocenters. The van der Waals surface area contributed by atoms with Gasteiger partial charge in [0.05, 0.1) is 15.5 Å².